The highest BCUT2D eigenvalue weighted by atomic mass is 15.0. The number of nitrogens with one attached hydrogen (secondary N) is 1. The maximum absolute atomic E-state index is 3.75. The van der Waals surface area contributed by atoms with Gasteiger partial charge in [-0.15, -0.1) is 0 Å². The number of unbranched alkanes of at least 4 members (excludes halogenated alkanes) is 10. The molecule has 0 spiro atoms. The molecule has 0 bridgehead atoms. The molecule has 0 radical (unpaired) electrons. The van der Waals surface area contributed by atoms with Crippen LogP contribution in [-0.4, -0.2) is 12.1 Å². The van der Waals surface area contributed by atoms with Crippen molar-refractivity contribution in [3.8, 4) is 0 Å². The van der Waals surface area contributed by atoms with E-state index in [4.69, 9.17) is 0 Å². The van der Waals surface area contributed by atoms with Gasteiger partial charge in [-0.1, -0.05) is 84.0 Å². The number of rotatable bonds is 12. The van der Waals surface area contributed by atoms with E-state index in [9.17, 15) is 0 Å². The number of hydrogen-bond acceptors (Lipinski definition) is 1. The summed E-state index contributed by atoms with van der Waals surface area (Å²) in [6.07, 6.45) is 21.7. The molecule has 1 saturated heterocycles. The van der Waals surface area contributed by atoms with Gasteiger partial charge in [-0.3, -0.25) is 0 Å². The summed E-state index contributed by atoms with van der Waals surface area (Å²) in [6, 6.07) is 1.60. The summed E-state index contributed by atoms with van der Waals surface area (Å²) >= 11 is 0. The first-order valence-electron chi connectivity index (χ1n) is 9.59. The Morgan fingerprint density at radius 1 is 0.750 bits per heavy atom. The van der Waals surface area contributed by atoms with E-state index in [1.165, 1.54) is 96.3 Å². The zero-order valence-electron chi connectivity index (χ0n) is 14.3. The van der Waals surface area contributed by atoms with Crippen molar-refractivity contribution in [2.24, 2.45) is 0 Å². The molecule has 1 nitrogen and oxygen atoms in total. The average molecular weight is 282 g/mol. The summed E-state index contributed by atoms with van der Waals surface area (Å²) in [5, 5.41) is 3.75. The van der Waals surface area contributed by atoms with Gasteiger partial charge in [0, 0.05) is 12.1 Å². The van der Waals surface area contributed by atoms with Crippen LogP contribution in [0, 0.1) is 0 Å². The Bertz CT molecular complexity index is 202. The van der Waals surface area contributed by atoms with Gasteiger partial charge in [0.2, 0.25) is 0 Å². The predicted molar refractivity (Wildman–Crippen MR) is 91.3 cm³/mol. The molecule has 0 aromatic heterocycles. The monoisotopic (exact) mass is 281 g/mol. The van der Waals surface area contributed by atoms with Crippen LogP contribution in [0.5, 0.6) is 0 Å². The quantitative estimate of drug-likeness (QED) is 0.419. The van der Waals surface area contributed by atoms with Crippen LogP contribution >= 0.6 is 0 Å². The van der Waals surface area contributed by atoms with Crippen LogP contribution in [0.4, 0.5) is 0 Å². The van der Waals surface area contributed by atoms with Gasteiger partial charge in [-0.05, 0) is 26.2 Å². The lowest BCUT2D eigenvalue weighted by Crippen LogP contribution is -2.40. The van der Waals surface area contributed by atoms with Crippen LogP contribution in [0.15, 0.2) is 0 Å². The third-order valence-electron chi connectivity index (χ3n) is 4.87. The van der Waals surface area contributed by atoms with Gasteiger partial charge >= 0.3 is 0 Å². The fourth-order valence-corrected chi connectivity index (χ4v) is 3.52. The minimum atomic E-state index is 0.765. The van der Waals surface area contributed by atoms with E-state index in [1.54, 1.807) is 0 Å². The van der Waals surface area contributed by atoms with Crippen molar-refractivity contribution < 1.29 is 0 Å². The van der Waals surface area contributed by atoms with Gasteiger partial charge in [0.15, 0.2) is 0 Å². The molecule has 1 rings (SSSR count). The largest absolute Gasteiger partial charge is 0.312 e. The summed E-state index contributed by atoms with van der Waals surface area (Å²) < 4.78 is 0. The first kappa shape index (κ1) is 18.0. The highest BCUT2D eigenvalue weighted by Gasteiger charge is 2.16. The standard InChI is InChI=1S/C19H39N/c1-3-4-5-6-7-8-9-10-11-12-13-16-19-17-14-15-18(2)20-19/h18-20H,3-17H2,1-2H3/t18-,19+/m1/s1. The molecule has 0 aliphatic carbocycles. The summed E-state index contributed by atoms with van der Waals surface area (Å²) in [6.45, 7) is 4.64. The second-order valence-electron chi connectivity index (χ2n) is 7.02. The predicted octanol–water partition coefficient (Wildman–Crippen LogP) is 6.22. The van der Waals surface area contributed by atoms with E-state index < -0.39 is 0 Å². The van der Waals surface area contributed by atoms with Crippen molar-refractivity contribution in [1.29, 1.82) is 0 Å². The Labute approximate surface area is 128 Å². The Balaban J connectivity index is 1.76. The summed E-state index contributed by atoms with van der Waals surface area (Å²) in [5.74, 6) is 0. The Morgan fingerprint density at radius 2 is 1.30 bits per heavy atom. The second-order valence-corrected chi connectivity index (χ2v) is 7.02. The molecule has 1 heterocycles. The number of hydrogen-bond donors (Lipinski definition) is 1. The third kappa shape index (κ3) is 9.80. The van der Waals surface area contributed by atoms with E-state index in [0.717, 1.165) is 12.1 Å². The summed E-state index contributed by atoms with van der Waals surface area (Å²) in [4.78, 5) is 0. The van der Waals surface area contributed by atoms with Crippen LogP contribution in [0.1, 0.15) is 110 Å². The molecule has 0 unspecified atom stereocenters. The highest BCUT2D eigenvalue weighted by molar-refractivity contribution is 4.77. The molecule has 1 heteroatoms. The normalized spacial score (nSPS) is 23.1. The van der Waals surface area contributed by atoms with Gasteiger partial charge in [0.05, 0.1) is 0 Å². The van der Waals surface area contributed by atoms with Gasteiger partial charge in [0.25, 0.3) is 0 Å². The average Bonchev–Trinajstić information content (AvgIpc) is 2.45. The molecule has 1 aliphatic rings. The van der Waals surface area contributed by atoms with Crippen molar-refractivity contribution in [3.05, 3.63) is 0 Å². The Hall–Kier alpha value is -0.0400. The zero-order chi connectivity index (χ0) is 14.5. The van der Waals surface area contributed by atoms with E-state index >= 15 is 0 Å². The van der Waals surface area contributed by atoms with E-state index in [-0.39, 0.29) is 0 Å². The van der Waals surface area contributed by atoms with E-state index in [2.05, 4.69) is 19.2 Å². The molecule has 1 N–H and O–H groups in total. The third-order valence-corrected chi connectivity index (χ3v) is 4.87. The van der Waals surface area contributed by atoms with Gasteiger partial charge in [0.1, 0.15) is 0 Å². The summed E-state index contributed by atoms with van der Waals surface area (Å²) in [7, 11) is 0. The maximum atomic E-state index is 3.75. The fourth-order valence-electron chi connectivity index (χ4n) is 3.52. The fraction of sp³-hybridized carbons (Fsp3) is 1.00. The molecule has 0 aromatic rings. The van der Waals surface area contributed by atoms with Crippen molar-refractivity contribution in [3.63, 3.8) is 0 Å². The molecule has 20 heavy (non-hydrogen) atoms. The summed E-state index contributed by atoms with van der Waals surface area (Å²) in [5.41, 5.74) is 0. The van der Waals surface area contributed by atoms with Crippen LogP contribution < -0.4 is 5.32 Å². The SMILES string of the molecule is CCCCCCCCCCCCC[C@H]1CCC[C@@H](C)N1. The van der Waals surface area contributed by atoms with Crippen molar-refractivity contribution in [1.82, 2.24) is 5.32 Å². The first-order chi connectivity index (χ1) is 9.83. The lowest BCUT2D eigenvalue weighted by atomic mass is 9.95. The van der Waals surface area contributed by atoms with Crippen molar-refractivity contribution in [2.45, 2.75) is 122 Å². The van der Waals surface area contributed by atoms with Crippen molar-refractivity contribution >= 4 is 0 Å². The minimum Gasteiger partial charge on any atom is -0.312 e. The molecule has 2 atom stereocenters. The Morgan fingerprint density at radius 3 is 1.85 bits per heavy atom. The zero-order valence-corrected chi connectivity index (χ0v) is 14.3. The highest BCUT2D eigenvalue weighted by Crippen LogP contribution is 2.18. The lowest BCUT2D eigenvalue weighted by molar-refractivity contribution is 0.314. The van der Waals surface area contributed by atoms with Gasteiger partial charge in [-0.2, -0.15) is 0 Å². The molecule has 1 aliphatic heterocycles. The smallest absolute Gasteiger partial charge is 0.00695 e. The molecule has 1 fully saturated rings. The van der Waals surface area contributed by atoms with Gasteiger partial charge < -0.3 is 5.32 Å². The molecule has 0 amide bonds. The van der Waals surface area contributed by atoms with E-state index in [0.29, 0.717) is 0 Å². The van der Waals surface area contributed by atoms with Crippen LogP contribution in [0.3, 0.4) is 0 Å². The molecule has 120 valence electrons. The van der Waals surface area contributed by atoms with Crippen molar-refractivity contribution in [2.75, 3.05) is 0 Å². The lowest BCUT2D eigenvalue weighted by Gasteiger charge is -2.28. The van der Waals surface area contributed by atoms with Gasteiger partial charge in [-0.25, -0.2) is 0 Å². The van der Waals surface area contributed by atoms with Crippen LogP contribution in [0.2, 0.25) is 0 Å². The Kier molecular flexibility index (Phi) is 11.4. The van der Waals surface area contributed by atoms with E-state index in [1.807, 2.05) is 0 Å². The molecular weight excluding hydrogens is 242 g/mol. The second kappa shape index (κ2) is 12.7. The maximum Gasteiger partial charge on any atom is 0.00695 e. The topological polar surface area (TPSA) is 12.0 Å². The minimum absolute atomic E-state index is 0.765. The first-order valence-corrected chi connectivity index (χ1v) is 9.59. The molecular formula is C19H39N. The molecule has 0 saturated carbocycles. The number of piperidine rings is 1. The van der Waals surface area contributed by atoms with Crippen LogP contribution in [0.25, 0.3) is 0 Å². The van der Waals surface area contributed by atoms with Crippen LogP contribution in [-0.2, 0) is 0 Å². The molecule has 0 aromatic carbocycles.